The molecular weight excluding hydrogens is 150 g/mol. The van der Waals surface area contributed by atoms with Gasteiger partial charge in [0.05, 0.1) is 13.2 Å². The fourth-order valence-electron chi connectivity index (χ4n) is 1.21. The van der Waals surface area contributed by atoms with E-state index in [1.165, 1.54) is 6.42 Å². The van der Waals surface area contributed by atoms with Crippen LogP contribution in [0.4, 0.5) is 0 Å². The summed E-state index contributed by atoms with van der Waals surface area (Å²) in [6.07, 6.45) is 5.65. The summed E-state index contributed by atoms with van der Waals surface area (Å²) < 4.78 is 5.25. The Kier molecular flexibility index (Phi) is 4.15. The molecule has 0 atom stereocenters. The molecule has 0 unspecified atom stereocenters. The van der Waals surface area contributed by atoms with Gasteiger partial charge in [0.2, 0.25) is 0 Å². The molecule has 1 fully saturated rings. The molecule has 0 spiro atoms. The van der Waals surface area contributed by atoms with Gasteiger partial charge in [-0.15, -0.1) is 0 Å². The van der Waals surface area contributed by atoms with Gasteiger partial charge in [0, 0.05) is 13.1 Å². The van der Waals surface area contributed by atoms with Gasteiger partial charge in [-0.1, -0.05) is 19.9 Å². The number of rotatable bonds is 3. The molecule has 0 amide bonds. The first-order valence-electron chi connectivity index (χ1n) is 4.77. The van der Waals surface area contributed by atoms with E-state index in [0.717, 1.165) is 32.2 Å². The second kappa shape index (κ2) is 5.20. The first-order chi connectivity index (χ1) is 5.79. The van der Waals surface area contributed by atoms with Crippen molar-refractivity contribution in [3.63, 3.8) is 0 Å². The number of morpholine rings is 1. The van der Waals surface area contributed by atoms with Crippen LogP contribution in [0, 0.1) is 5.92 Å². The molecule has 1 saturated heterocycles. The Bertz CT molecular complexity index is 137. The Balaban J connectivity index is 2.15. The molecule has 2 nitrogen and oxygen atoms in total. The molecule has 1 aliphatic heterocycles. The zero-order valence-corrected chi connectivity index (χ0v) is 8.12. The third kappa shape index (κ3) is 3.77. The predicted octanol–water partition coefficient (Wildman–Crippen LogP) is 1.88. The highest BCUT2D eigenvalue weighted by atomic mass is 16.5. The highest BCUT2D eigenvalue weighted by Crippen LogP contribution is 2.02. The monoisotopic (exact) mass is 169 g/mol. The smallest absolute Gasteiger partial charge is 0.0642 e. The predicted molar refractivity (Wildman–Crippen MR) is 51.0 cm³/mol. The third-order valence-corrected chi connectivity index (χ3v) is 1.97. The van der Waals surface area contributed by atoms with Crippen molar-refractivity contribution in [3.05, 3.63) is 12.3 Å². The molecule has 0 aliphatic carbocycles. The zero-order chi connectivity index (χ0) is 8.81. The van der Waals surface area contributed by atoms with Crippen molar-refractivity contribution in [2.24, 2.45) is 5.92 Å². The summed E-state index contributed by atoms with van der Waals surface area (Å²) in [5.41, 5.74) is 0. The average molecular weight is 169 g/mol. The molecule has 1 rings (SSSR count). The van der Waals surface area contributed by atoms with E-state index in [2.05, 4.69) is 31.0 Å². The lowest BCUT2D eigenvalue weighted by atomic mass is 10.1. The van der Waals surface area contributed by atoms with Gasteiger partial charge in [-0.3, -0.25) is 0 Å². The molecule has 0 aromatic rings. The van der Waals surface area contributed by atoms with Gasteiger partial charge in [0.25, 0.3) is 0 Å². The van der Waals surface area contributed by atoms with Crippen LogP contribution in [0.25, 0.3) is 0 Å². The number of allylic oxidation sites excluding steroid dienone is 1. The summed E-state index contributed by atoms with van der Waals surface area (Å²) in [5.74, 6) is 0.766. The standard InChI is InChI=1S/C10H19NO/c1-10(2)4-3-5-11-6-8-12-9-7-11/h3,5,10H,4,6-9H2,1-2H3/b5-3+. The van der Waals surface area contributed by atoms with Crippen molar-refractivity contribution in [3.8, 4) is 0 Å². The van der Waals surface area contributed by atoms with Crippen LogP contribution in [-0.4, -0.2) is 31.2 Å². The molecule has 0 saturated carbocycles. The van der Waals surface area contributed by atoms with Crippen LogP contribution in [0.2, 0.25) is 0 Å². The maximum absolute atomic E-state index is 5.25. The lowest BCUT2D eigenvalue weighted by molar-refractivity contribution is 0.0592. The van der Waals surface area contributed by atoms with Gasteiger partial charge in [-0.2, -0.15) is 0 Å². The van der Waals surface area contributed by atoms with Crippen LogP contribution in [0.3, 0.4) is 0 Å². The van der Waals surface area contributed by atoms with Gasteiger partial charge in [0.15, 0.2) is 0 Å². The molecule has 2 heteroatoms. The summed E-state index contributed by atoms with van der Waals surface area (Å²) in [6.45, 7) is 8.34. The third-order valence-electron chi connectivity index (χ3n) is 1.97. The molecule has 0 aromatic heterocycles. The van der Waals surface area contributed by atoms with Crippen molar-refractivity contribution in [2.75, 3.05) is 26.3 Å². The van der Waals surface area contributed by atoms with Crippen LogP contribution >= 0.6 is 0 Å². The van der Waals surface area contributed by atoms with Gasteiger partial charge in [-0.05, 0) is 18.5 Å². The molecule has 0 aromatic carbocycles. The maximum Gasteiger partial charge on any atom is 0.0642 e. The van der Waals surface area contributed by atoms with Crippen molar-refractivity contribution in [1.82, 2.24) is 4.90 Å². The lowest BCUT2D eigenvalue weighted by Crippen LogP contribution is -2.31. The molecule has 0 N–H and O–H groups in total. The van der Waals surface area contributed by atoms with Gasteiger partial charge in [-0.25, -0.2) is 0 Å². The highest BCUT2D eigenvalue weighted by Gasteiger charge is 2.04. The van der Waals surface area contributed by atoms with Crippen LogP contribution in [0.1, 0.15) is 20.3 Å². The first-order valence-corrected chi connectivity index (χ1v) is 4.77. The summed E-state index contributed by atoms with van der Waals surface area (Å²) in [7, 11) is 0. The van der Waals surface area contributed by atoms with E-state index in [0.29, 0.717) is 0 Å². The van der Waals surface area contributed by atoms with Gasteiger partial charge >= 0.3 is 0 Å². The molecule has 70 valence electrons. The second-order valence-electron chi connectivity index (χ2n) is 3.66. The Hall–Kier alpha value is -0.500. The number of hydrogen-bond acceptors (Lipinski definition) is 2. The molecule has 0 bridgehead atoms. The number of hydrogen-bond donors (Lipinski definition) is 0. The van der Waals surface area contributed by atoms with Gasteiger partial charge < -0.3 is 9.64 Å². The minimum Gasteiger partial charge on any atom is -0.378 e. The van der Waals surface area contributed by atoms with E-state index in [1.807, 2.05) is 0 Å². The van der Waals surface area contributed by atoms with E-state index in [4.69, 9.17) is 4.74 Å². The van der Waals surface area contributed by atoms with Crippen molar-refractivity contribution >= 4 is 0 Å². The van der Waals surface area contributed by atoms with Crippen LogP contribution in [0.5, 0.6) is 0 Å². The van der Waals surface area contributed by atoms with Crippen LogP contribution in [-0.2, 0) is 4.74 Å². The molecule has 1 aliphatic rings. The Morgan fingerprint density at radius 3 is 2.58 bits per heavy atom. The molecule has 12 heavy (non-hydrogen) atoms. The average Bonchev–Trinajstić information content (AvgIpc) is 2.05. The summed E-state index contributed by atoms with van der Waals surface area (Å²) in [4.78, 5) is 2.33. The number of ether oxygens (including phenoxy) is 1. The fraction of sp³-hybridized carbons (Fsp3) is 0.800. The van der Waals surface area contributed by atoms with E-state index in [-0.39, 0.29) is 0 Å². The second-order valence-corrected chi connectivity index (χ2v) is 3.66. The Morgan fingerprint density at radius 2 is 2.00 bits per heavy atom. The number of nitrogens with zero attached hydrogens (tertiary/aromatic N) is 1. The van der Waals surface area contributed by atoms with Gasteiger partial charge in [0.1, 0.15) is 0 Å². The van der Waals surface area contributed by atoms with Crippen molar-refractivity contribution in [1.29, 1.82) is 0 Å². The highest BCUT2D eigenvalue weighted by molar-refractivity contribution is 4.84. The van der Waals surface area contributed by atoms with E-state index in [1.54, 1.807) is 0 Å². The first kappa shape index (κ1) is 9.59. The summed E-state index contributed by atoms with van der Waals surface area (Å²) in [5, 5.41) is 0. The molecule has 0 radical (unpaired) electrons. The molecular formula is C10H19NO. The van der Waals surface area contributed by atoms with E-state index < -0.39 is 0 Å². The molecule has 1 heterocycles. The summed E-state index contributed by atoms with van der Waals surface area (Å²) >= 11 is 0. The topological polar surface area (TPSA) is 12.5 Å². The Labute approximate surface area is 75.2 Å². The van der Waals surface area contributed by atoms with Crippen LogP contribution < -0.4 is 0 Å². The maximum atomic E-state index is 5.25. The van der Waals surface area contributed by atoms with Crippen LogP contribution in [0.15, 0.2) is 12.3 Å². The van der Waals surface area contributed by atoms with E-state index >= 15 is 0 Å². The largest absolute Gasteiger partial charge is 0.378 e. The SMILES string of the molecule is CC(C)C/C=C/N1CCOCC1. The van der Waals surface area contributed by atoms with Crippen molar-refractivity contribution in [2.45, 2.75) is 20.3 Å². The zero-order valence-electron chi connectivity index (χ0n) is 8.12. The minimum absolute atomic E-state index is 0.766. The minimum atomic E-state index is 0.766. The Morgan fingerprint density at radius 1 is 1.33 bits per heavy atom. The lowest BCUT2D eigenvalue weighted by Gasteiger charge is -2.25. The van der Waals surface area contributed by atoms with Crippen molar-refractivity contribution < 1.29 is 4.74 Å². The quantitative estimate of drug-likeness (QED) is 0.639. The summed E-state index contributed by atoms with van der Waals surface area (Å²) in [6, 6.07) is 0. The fourth-order valence-corrected chi connectivity index (χ4v) is 1.21. The normalized spacial score (nSPS) is 19.4. The van der Waals surface area contributed by atoms with E-state index in [9.17, 15) is 0 Å².